The monoisotopic (exact) mass is 335 g/mol. The molecule has 0 aliphatic heterocycles. The summed E-state index contributed by atoms with van der Waals surface area (Å²) in [6.07, 6.45) is 3.04. The number of halogens is 1. The lowest BCUT2D eigenvalue weighted by Gasteiger charge is -2.19. The Hall–Kier alpha value is -2.54. The van der Waals surface area contributed by atoms with Crippen LogP contribution >= 0.6 is 11.6 Å². The third kappa shape index (κ3) is 4.23. The van der Waals surface area contributed by atoms with Crippen LogP contribution in [0.15, 0.2) is 30.6 Å². The number of urea groups is 1. The van der Waals surface area contributed by atoms with Crippen molar-refractivity contribution in [2.24, 2.45) is 0 Å². The first-order valence-electron chi connectivity index (χ1n) is 7.20. The molecule has 122 valence electrons. The number of anilines is 2. The smallest absolute Gasteiger partial charge is 0.323 e. The summed E-state index contributed by atoms with van der Waals surface area (Å²) in [5, 5.41) is 11.9. The van der Waals surface area contributed by atoms with Gasteiger partial charge in [0.1, 0.15) is 0 Å². The number of nitrogens with zero attached hydrogens (tertiary/aromatic N) is 2. The fourth-order valence-corrected chi connectivity index (χ4v) is 2.32. The molecule has 0 spiro atoms. The molecule has 8 heteroatoms. The van der Waals surface area contributed by atoms with Crippen molar-refractivity contribution in [2.45, 2.75) is 13.8 Å². The van der Waals surface area contributed by atoms with Crippen LogP contribution in [-0.2, 0) is 0 Å². The standard InChI is InChI=1S/C15H18ClN5O2/c1-3-21(4-2)14(22)12-6-5-10(7-13(12)16)19-15(23)20-11-8-17-18-9-11/h5-9H,3-4H2,1-2H3,(H,17,18)(H2,19,20,23). The zero-order valence-electron chi connectivity index (χ0n) is 12.9. The summed E-state index contributed by atoms with van der Waals surface area (Å²) in [5.74, 6) is -0.130. The molecule has 1 heterocycles. The van der Waals surface area contributed by atoms with E-state index in [4.69, 9.17) is 11.6 Å². The number of H-pyrrole nitrogens is 1. The second kappa shape index (κ2) is 7.64. The van der Waals surface area contributed by atoms with E-state index < -0.39 is 6.03 Å². The highest BCUT2D eigenvalue weighted by Crippen LogP contribution is 2.22. The lowest BCUT2D eigenvalue weighted by atomic mass is 10.1. The van der Waals surface area contributed by atoms with Gasteiger partial charge in [-0.3, -0.25) is 9.89 Å². The summed E-state index contributed by atoms with van der Waals surface area (Å²) in [6.45, 7) is 5.04. The zero-order valence-corrected chi connectivity index (χ0v) is 13.6. The van der Waals surface area contributed by atoms with Gasteiger partial charge in [0.25, 0.3) is 5.91 Å². The molecule has 0 aliphatic rings. The first-order valence-corrected chi connectivity index (χ1v) is 7.58. The normalized spacial score (nSPS) is 10.2. The average molecular weight is 336 g/mol. The van der Waals surface area contributed by atoms with Gasteiger partial charge in [0, 0.05) is 25.0 Å². The van der Waals surface area contributed by atoms with Crippen LogP contribution in [0.1, 0.15) is 24.2 Å². The molecule has 0 aliphatic carbocycles. The molecule has 0 unspecified atom stereocenters. The Kier molecular flexibility index (Phi) is 5.59. The van der Waals surface area contributed by atoms with E-state index in [-0.39, 0.29) is 5.91 Å². The van der Waals surface area contributed by atoms with Crippen molar-refractivity contribution < 1.29 is 9.59 Å². The van der Waals surface area contributed by atoms with Crippen molar-refractivity contribution in [3.05, 3.63) is 41.2 Å². The third-order valence-corrected chi connectivity index (χ3v) is 3.58. The summed E-state index contributed by atoms with van der Waals surface area (Å²) in [4.78, 5) is 25.8. The van der Waals surface area contributed by atoms with Crippen LogP contribution in [0.2, 0.25) is 5.02 Å². The Morgan fingerprint density at radius 3 is 2.48 bits per heavy atom. The average Bonchev–Trinajstić information content (AvgIpc) is 3.01. The fourth-order valence-electron chi connectivity index (χ4n) is 2.06. The Balaban J connectivity index is 2.07. The molecule has 0 bridgehead atoms. The van der Waals surface area contributed by atoms with Gasteiger partial charge in [-0.25, -0.2) is 4.79 Å². The van der Waals surface area contributed by atoms with Gasteiger partial charge in [-0.1, -0.05) is 11.6 Å². The van der Waals surface area contributed by atoms with Gasteiger partial charge in [0.2, 0.25) is 0 Å². The molecular weight excluding hydrogens is 318 g/mol. The van der Waals surface area contributed by atoms with Gasteiger partial charge < -0.3 is 15.5 Å². The maximum Gasteiger partial charge on any atom is 0.323 e. The van der Waals surface area contributed by atoms with Crippen molar-refractivity contribution in [3.8, 4) is 0 Å². The van der Waals surface area contributed by atoms with Gasteiger partial charge in [0.05, 0.1) is 22.5 Å². The fraction of sp³-hybridized carbons (Fsp3) is 0.267. The van der Waals surface area contributed by atoms with E-state index in [0.717, 1.165) is 0 Å². The molecular formula is C15H18ClN5O2. The van der Waals surface area contributed by atoms with E-state index in [0.29, 0.717) is 35.1 Å². The number of carbonyl (C=O) groups is 2. The lowest BCUT2D eigenvalue weighted by molar-refractivity contribution is 0.0773. The number of hydrogen-bond acceptors (Lipinski definition) is 3. The van der Waals surface area contributed by atoms with E-state index in [1.807, 2.05) is 13.8 Å². The Bertz CT molecular complexity index is 683. The summed E-state index contributed by atoms with van der Waals surface area (Å²) in [5.41, 5.74) is 1.45. The molecule has 0 atom stereocenters. The number of nitrogens with one attached hydrogen (secondary N) is 3. The van der Waals surface area contributed by atoms with Gasteiger partial charge in [0.15, 0.2) is 0 Å². The Labute approximate surface area is 139 Å². The van der Waals surface area contributed by atoms with Crippen LogP contribution in [0.25, 0.3) is 0 Å². The number of aromatic amines is 1. The number of benzene rings is 1. The first kappa shape index (κ1) is 16.8. The van der Waals surface area contributed by atoms with Gasteiger partial charge in [-0.15, -0.1) is 0 Å². The van der Waals surface area contributed by atoms with Crippen LogP contribution in [0, 0.1) is 0 Å². The summed E-state index contributed by atoms with van der Waals surface area (Å²) in [7, 11) is 0. The van der Waals surface area contributed by atoms with Crippen LogP contribution in [0.4, 0.5) is 16.2 Å². The first-order chi connectivity index (χ1) is 11.0. The lowest BCUT2D eigenvalue weighted by Crippen LogP contribution is -2.30. The molecule has 0 saturated carbocycles. The highest BCUT2D eigenvalue weighted by molar-refractivity contribution is 6.34. The van der Waals surface area contributed by atoms with E-state index >= 15 is 0 Å². The highest BCUT2D eigenvalue weighted by atomic mass is 35.5. The summed E-state index contributed by atoms with van der Waals surface area (Å²) < 4.78 is 0. The SMILES string of the molecule is CCN(CC)C(=O)c1ccc(NC(=O)Nc2cn[nH]c2)cc1Cl. The van der Waals surface area contributed by atoms with Crippen LogP contribution in [-0.4, -0.2) is 40.1 Å². The van der Waals surface area contributed by atoms with Crippen molar-refractivity contribution in [1.82, 2.24) is 15.1 Å². The van der Waals surface area contributed by atoms with Gasteiger partial charge in [-0.05, 0) is 32.0 Å². The number of amides is 3. The molecule has 0 radical (unpaired) electrons. The number of aromatic nitrogens is 2. The Morgan fingerprint density at radius 1 is 1.22 bits per heavy atom. The van der Waals surface area contributed by atoms with Crippen LogP contribution in [0.5, 0.6) is 0 Å². The van der Waals surface area contributed by atoms with Crippen molar-refractivity contribution in [2.75, 3.05) is 23.7 Å². The molecule has 2 rings (SSSR count). The predicted molar refractivity (Wildman–Crippen MR) is 89.9 cm³/mol. The minimum atomic E-state index is -0.426. The molecule has 3 amide bonds. The molecule has 1 aromatic carbocycles. The molecule has 1 aromatic heterocycles. The topological polar surface area (TPSA) is 90.1 Å². The maximum absolute atomic E-state index is 12.3. The summed E-state index contributed by atoms with van der Waals surface area (Å²) in [6, 6.07) is 4.37. The van der Waals surface area contributed by atoms with Crippen LogP contribution in [0.3, 0.4) is 0 Å². The molecule has 23 heavy (non-hydrogen) atoms. The number of rotatable bonds is 5. The van der Waals surface area contributed by atoms with Gasteiger partial charge >= 0.3 is 6.03 Å². The predicted octanol–water partition coefficient (Wildman–Crippen LogP) is 3.19. The maximum atomic E-state index is 12.3. The van der Waals surface area contributed by atoms with Crippen molar-refractivity contribution in [3.63, 3.8) is 0 Å². The van der Waals surface area contributed by atoms with Gasteiger partial charge in [-0.2, -0.15) is 5.10 Å². The minimum Gasteiger partial charge on any atom is -0.339 e. The number of hydrogen-bond donors (Lipinski definition) is 3. The molecule has 0 fully saturated rings. The minimum absolute atomic E-state index is 0.130. The molecule has 7 nitrogen and oxygen atoms in total. The molecule has 3 N–H and O–H groups in total. The second-order valence-corrected chi connectivity index (χ2v) is 5.15. The largest absolute Gasteiger partial charge is 0.339 e. The Morgan fingerprint density at radius 2 is 1.91 bits per heavy atom. The van der Waals surface area contributed by atoms with Crippen molar-refractivity contribution in [1.29, 1.82) is 0 Å². The van der Waals surface area contributed by atoms with E-state index in [2.05, 4.69) is 20.8 Å². The quantitative estimate of drug-likeness (QED) is 0.783. The zero-order chi connectivity index (χ0) is 16.8. The van der Waals surface area contributed by atoms with E-state index in [1.54, 1.807) is 29.3 Å². The van der Waals surface area contributed by atoms with Crippen molar-refractivity contribution >= 4 is 34.9 Å². The third-order valence-electron chi connectivity index (χ3n) is 3.26. The van der Waals surface area contributed by atoms with E-state index in [1.165, 1.54) is 6.20 Å². The molecule has 2 aromatic rings. The molecule has 0 saturated heterocycles. The van der Waals surface area contributed by atoms with E-state index in [9.17, 15) is 9.59 Å². The van der Waals surface area contributed by atoms with Crippen LogP contribution < -0.4 is 10.6 Å². The number of carbonyl (C=O) groups excluding carboxylic acids is 2. The second-order valence-electron chi connectivity index (χ2n) is 4.74. The highest BCUT2D eigenvalue weighted by Gasteiger charge is 2.16. The summed E-state index contributed by atoms with van der Waals surface area (Å²) >= 11 is 6.17.